The molecule has 3 rings (SSSR count). The molecule has 8 heteroatoms. The number of nitrogens with one attached hydrogen (secondary N) is 1. The molecule has 33 heavy (non-hydrogen) atoms. The molecule has 1 fully saturated rings. The first-order valence-corrected chi connectivity index (χ1v) is 12.9. The quantitative estimate of drug-likeness (QED) is 0.428. The molecule has 0 aliphatic carbocycles. The van der Waals surface area contributed by atoms with Gasteiger partial charge < -0.3 is 10.1 Å². The van der Waals surface area contributed by atoms with Crippen LogP contribution in [0.2, 0.25) is 0 Å². The monoisotopic (exact) mass is 472 g/mol. The van der Waals surface area contributed by atoms with Gasteiger partial charge in [0.15, 0.2) is 0 Å². The van der Waals surface area contributed by atoms with Gasteiger partial charge in [0.2, 0.25) is 15.9 Å². The van der Waals surface area contributed by atoms with Gasteiger partial charge in [-0.15, -0.1) is 0 Å². The lowest BCUT2D eigenvalue weighted by Crippen LogP contribution is -2.45. The van der Waals surface area contributed by atoms with Crippen molar-refractivity contribution in [3.05, 3.63) is 59.7 Å². The Morgan fingerprint density at radius 1 is 1.06 bits per heavy atom. The molecule has 178 valence electrons. The number of aryl methyl sites for hydroxylation is 1. The van der Waals surface area contributed by atoms with Crippen LogP contribution in [0.1, 0.15) is 61.4 Å². The molecule has 1 aliphatic heterocycles. The first-order valence-electron chi connectivity index (χ1n) is 11.5. The lowest BCUT2D eigenvalue weighted by atomic mass is 10.0. The summed E-state index contributed by atoms with van der Waals surface area (Å²) in [5, 5.41) is 2.81. The van der Waals surface area contributed by atoms with Crippen LogP contribution in [0.4, 0.5) is 5.69 Å². The molecule has 1 N–H and O–H groups in total. The molecule has 0 unspecified atom stereocenters. The topological polar surface area (TPSA) is 92.8 Å². The van der Waals surface area contributed by atoms with E-state index in [2.05, 4.69) is 5.32 Å². The summed E-state index contributed by atoms with van der Waals surface area (Å²) in [5.74, 6) is -0.648. The predicted molar refractivity (Wildman–Crippen MR) is 128 cm³/mol. The summed E-state index contributed by atoms with van der Waals surface area (Å²) >= 11 is 0. The minimum Gasteiger partial charge on any atom is -0.462 e. The number of nitrogens with zero attached hydrogens (tertiary/aromatic N) is 1. The van der Waals surface area contributed by atoms with Gasteiger partial charge in [0, 0.05) is 24.7 Å². The Hall–Kier alpha value is -2.71. The molecule has 2 aromatic rings. The lowest BCUT2D eigenvalue weighted by Gasteiger charge is -2.34. The van der Waals surface area contributed by atoms with Gasteiger partial charge >= 0.3 is 5.97 Å². The lowest BCUT2D eigenvalue weighted by molar-refractivity contribution is -0.117. The zero-order valence-electron chi connectivity index (χ0n) is 19.2. The molecule has 1 heterocycles. The highest BCUT2D eigenvalue weighted by atomic mass is 32.2. The molecule has 7 nitrogen and oxygen atoms in total. The van der Waals surface area contributed by atoms with Crippen molar-refractivity contribution in [2.24, 2.45) is 0 Å². The Labute approximate surface area is 196 Å². The minimum atomic E-state index is -3.67. The number of esters is 1. The Morgan fingerprint density at radius 2 is 1.76 bits per heavy atom. The Morgan fingerprint density at radius 3 is 2.42 bits per heavy atom. The third-order valence-electron chi connectivity index (χ3n) is 5.76. The molecule has 1 amide bonds. The summed E-state index contributed by atoms with van der Waals surface area (Å²) in [6.45, 7) is 4.72. The number of unbranched alkanes of at least 4 members (excludes halogenated alkanes) is 1. The predicted octanol–water partition coefficient (Wildman–Crippen LogP) is 4.52. The van der Waals surface area contributed by atoms with Crippen molar-refractivity contribution < 1.29 is 22.7 Å². The van der Waals surface area contributed by atoms with Crippen molar-refractivity contribution in [2.45, 2.75) is 63.3 Å². The third-order valence-corrected chi connectivity index (χ3v) is 7.72. The highest BCUT2D eigenvalue weighted by Gasteiger charge is 2.34. The molecular weight excluding hydrogens is 440 g/mol. The summed E-state index contributed by atoms with van der Waals surface area (Å²) in [6, 6.07) is 12.9. The SMILES string of the molecule is CCCCOC(=O)c1ccc(NC(=O)C[C@@H]2CCCCN2S(=O)(=O)c2ccc(C)cc2)cc1. The van der Waals surface area contributed by atoms with Gasteiger partial charge in [-0.2, -0.15) is 4.31 Å². The normalized spacial score (nSPS) is 16.8. The van der Waals surface area contributed by atoms with E-state index in [-0.39, 0.29) is 23.2 Å². The van der Waals surface area contributed by atoms with E-state index < -0.39 is 16.1 Å². The van der Waals surface area contributed by atoms with Crippen LogP contribution in [0.15, 0.2) is 53.4 Å². The highest BCUT2D eigenvalue weighted by Crippen LogP contribution is 2.27. The van der Waals surface area contributed by atoms with E-state index in [9.17, 15) is 18.0 Å². The Kier molecular flexibility index (Phi) is 8.63. The van der Waals surface area contributed by atoms with Crippen molar-refractivity contribution >= 4 is 27.6 Å². The van der Waals surface area contributed by atoms with Gasteiger partial charge in [0.1, 0.15) is 0 Å². The fourth-order valence-corrected chi connectivity index (χ4v) is 5.54. The third kappa shape index (κ3) is 6.65. The number of carbonyl (C=O) groups excluding carboxylic acids is 2. The van der Waals surface area contributed by atoms with Gasteiger partial charge in [-0.3, -0.25) is 4.79 Å². The second kappa shape index (κ2) is 11.4. The zero-order chi connectivity index (χ0) is 23.8. The molecule has 0 bridgehead atoms. The van der Waals surface area contributed by atoms with E-state index in [0.29, 0.717) is 30.8 Å². The number of sulfonamides is 1. The number of ether oxygens (including phenoxy) is 1. The van der Waals surface area contributed by atoms with E-state index in [1.54, 1.807) is 48.5 Å². The van der Waals surface area contributed by atoms with Crippen molar-refractivity contribution in [3.63, 3.8) is 0 Å². The van der Waals surface area contributed by atoms with Crippen LogP contribution in [0.3, 0.4) is 0 Å². The van der Waals surface area contributed by atoms with E-state index >= 15 is 0 Å². The summed E-state index contributed by atoms with van der Waals surface area (Å²) < 4.78 is 33.0. The first kappa shape index (κ1) is 24.9. The first-order chi connectivity index (χ1) is 15.8. The molecule has 2 aromatic carbocycles. The number of rotatable bonds is 9. The second-order valence-electron chi connectivity index (χ2n) is 8.40. The number of amides is 1. The maximum Gasteiger partial charge on any atom is 0.338 e. The van der Waals surface area contributed by atoms with E-state index in [4.69, 9.17) is 4.74 Å². The van der Waals surface area contributed by atoms with Gasteiger partial charge in [0.25, 0.3) is 0 Å². The van der Waals surface area contributed by atoms with Crippen LogP contribution >= 0.6 is 0 Å². The number of hydrogen-bond donors (Lipinski definition) is 1. The van der Waals surface area contributed by atoms with Crippen molar-refractivity contribution in [3.8, 4) is 0 Å². The molecule has 0 aromatic heterocycles. The molecular formula is C25H32N2O5S. The van der Waals surface area contributed by atoms with Crippen molar-refractivity contribution in [1.82, 2.24) is 4.31 Å². The van der Waals surface area contributed by atoms with Crippen LogP contribution in [-0.4, -0.2) is 43.8 Å². The van der Waals surface area contributed by atoms with E-state index in [0.717, 1.165) is 31.2 Å². The fourth-order valence-electron chi connectivity index (χ4n) is 3.85. The second-order valence-corrected chi connectivity index (χ2v) is 10.3. The number of hydrogen-bond acceptors (Lipinski definition) is 5. The standard InChI is InChI=1S/C25H32N2O5S/c1-3-4-17-32-25(29)20-10-12-21(13-11-20)26-24(28)18-22-7-5-6-16-27(22)33(30,31)23-14-8-19(2)9-15-23/h8-15,22H,3-7,16-18H2,1-2H3,(H,26,28)/t22-/m0/s1. The van der Waals surface area contributed by atoms with Crippen LogP contribution in [0, 0.1) is 6.92 Å². The van der Waals surface area contributed by atoms with Gasteiger partial charge in [0.05, 0.1) is 17.1 Å². The van der Waals surface area contributed by atoms with Crippen LogP contribution in [0.25, 0.3) is 0 Å². The highest BCUT2D eigenvalue weighted by molar-refractivity contribution is 7.89. The molecule has 1 aliphatic rings. The average molecular weight is 473 g/mol. The smallest absolute Gasteiger partial charge is 0.338 e. The largest absolute Gasteiger partial charge is 0.462 e. The average Bonchev–Trinajstić information content (AvgIpc) is 2.80. The molecule has 0 spiro atoms. The molecule has 1 saturated heterocycles. The molecule has 1 atom stereocenters. The maximum absolute atomic E-state index is 13.2. The van der Waals surface area contributed by atoms with E-state index in [1.165, 1.54) is 4.31 Å². The number of anilines is 1. The van der Waals surface area contributed by atoms with Crippen molar-refractivity contribution in [2.75, 3.05) is 18.5 Å². The van der Waals surface area contributed by atoms with Crippen LogP contribution < -0.4 is 5.32 Å². The zero-order valence-corrected chi connectivity index (χ0v) is 20.1. The van der Waals surface area contributed by atoms with Gasteiger partial charge in [-0.05, 0) is 62.6 Å². The number of carbonyl (C=O) groups is 2. The summed E-state index contributed by atoms with van der Waals surface area (Å²) in [4.78, 5) is 25.0. The van der Waals surface area contributed by atoms with Gasteiger partial charge in [-0.25, -0.2) is 13.2 Å². The summed E-state index contributed by atoms with van der Waals surface area (Å²) in [7, 11) is -3.67. The Balaban J connectivity index is 1.62. The summed E-state index contributed by atoms with van der Waals surface area (Å²) in [6.07, 6.45) is 4.14. The number of benzene rings is 2. The van der Waals surface area contributed by atoms with Crippen LogP contribution in [-0.2, 0) is 19.6 Å². The Bertz CT molecular complexity index is 1050. The molecule has 0 saturated carbocycles. The minimum absolute atomic E-state index is 0.0753. The van der Waals surface area contributed by atoms with Gasteiger partial charge in [-0.1, -0.05) is 37.5 Å². The van der Waals surface area contributed by atoms with Crippen molar-refractivity contribution in [1.29, 1.82) is 0 Å². The van der Waals surface area contributed by atoms with E-state index in [1.807, 2.05) is 13.8 Å². The van der Waals surface area contributed by atoms with Crippen LogP contribution in [0.5, 0.6) is 0 Å². The summed E-state index contributed by atoms with van der Waals surface area (Å²) in [5.41, 5.74) is 1.96. The fraction of sp³-hybridized carbons (Fsp3) is 0.440. The maximum atomic E-state index is 13.2. The molecule has 0 radical (unpaired) electrons. The number of piperidine rings is 1.